The number of likely N-dealkylation sites (tertiary alicyclic amines) is 1. The van der Waals surface area contributed by atoms with Crippen LogP contribution < -0.4 is 10.2 Å². The number of rotatable bonds is 4. The Labute approximate surface area is 156 Å². The molecule has 4 atom stereocenters. The number of anilines is 2. The molecule has 1 aromatic rings. The maximum Gasteiger partial charge on any atom is 0.224 e. The van der Waals surface area contributed by atoms with Crippen molar-refractivity contribution < 1.29 is 0 Å². The number of nitrogens with zero attached hydrogens (tertiary/aromatic N) is 4. The summed E-state index contributed by atoms with van der Waals surface area (Å²) in [6, 6.07) is 3.52. The predicted molar refractivity (Wildman–Crippen MR) is 103 cm³/mol. The van der Waals surface area contributed by atoms with E-state index in [1.807, 2.05) is 6.20 Å². The molecule has 1 aromatic heterocycles. The lowest BCUT2D eigenvalue weighted by Crippen LogP contribution is -2.37. The van der Waals surface area contributed by atoms with Gasteiger partial charge in [-0.3, -0.25) is 4.90 Å². The van der Waals surface area contributed by atoms with Gasteiger partial charge in [-0.1, -0.05) is 12.8 Å². The van der Waals surface area contributed by atoms with Crippen LogP contribution >= 0.6 is 0 Å². The zero-order chi connectivity index (χ0) is 17.1. The van der Waals surface area contributed by atoms with Gasteiger partial charge in [-0.25, -0.2) is 4.98 Å². The van der Waals surface area contributed by atoms with E-state index in [2.05, 4.69) is 26.2 Å². The monoisotopic (exact) mass is 353 g/mol. The van der Waals surface area contributed by atoms with Gasteiger partial charge in [0.05, 0.1) is 0 Å². The molecule has 7 rings (SSSR count). The minimum atomic E-state index is 0.518. The Kier molecular flexibility index (Phi) is 3.67. The highest BCUT2D eigenvalue weighted by molar-refractivity contribution is 5.43. The summed E-state index contributed by atoms with van der Waals surface area (Å²) >= 11 is 0. The fraction of sp³-hybridized carbons (Fsp3) is 0.810. The van der Waals surface area contributed by atoms with Crippen LogP contribution in [0.25, 0.3) is 0 Å². The van der Waals surface area contributed by atoms with Gasteiger partial charge in [-0.15, -0.1) is 0 Å². The second-order valence-corrected chi connectivity index (χ2v) is 9.39. The van der Waals surface area contributed by atoms with Gasteiger partial charge in [-0.2, -0.15) is 4.98 Å². The van der Waals surface area contributed by atoms with E-state index in [-0.39, 0.29) is 0 Å². The first-order valence-electron chi connectivity index (χ1n) is 11.0. The van der Waals surface area contributed by atoms with Crippen LogP contribution in [0.4, 0.5) is 11.8 Å². The molecule has 4 aliphatic carbocycles. The molecule has 5 nitrogen and oxygen atoms in total. The Bertz CT molecular complexity index is 656. The van der Waals surface area contributed by atoms with Gasteiger partial charge < -0.3 is 10.2 Å². The van der Waals surface area contributed by atoms with E-state index in [9.17, 15) is 0 Å². The molecule has 5 heteroatoms. The molecule has 0 spiro atoms. The molecular weight excluding hydrogens is 322 g/mol. The maximum absolute atomic E-state index is 4.86. The van der Waals surface area contributed by atoms with Crippen molar-refractivity contribution in [2.24, 2.45) is 23.7 Å². The minimum Gasteiger partial charge on any atom is -0.356 e. The van der Waals surface area contributed by atoms with Gasteiger partial charge in [0.1, 0.15) is 5.82 Å². The summed E-state index contributed by atoms with van der Waals surface area (Å²) in [5, 5.41) is 3.66. The van der Waals surface area contributed by atoms with Crippen molar-refractivity contribution >= 4 is 11.8 Å². The molecule has 26 heavy (non-hydrogen) atoms. The van der Waals surface area contributed by atoms with Crippen LogP contribution in [-0.4, -0.2) is 53.1 Å². The maximum atomic E-state index is 4.86. The largest absolute Gasteiger partial charge is 0.356 e. The summed E-state index contributed by atoms with van der Waals surface area (Å²) < 4.78 is 0. The minimum absolute atomic E-state index is 0.518. The second kappa shape index (κ2) is 6.08. The van der Waals surface area contributed by atoms with Gasteiger partial charge in [0, 0.05) is 44.5 Å². The van der Waals surface area contributed by atoms with Crippen molar-refractivity contribution in [2.45, 2.75) is 57.0 Å². The summed E-state index contributed by atoms with van der Waals surface area (Å²) in [4.78, 5) is 14.6. The Hall–Kier alpha value is -1.36. The van der Waals surface area contributed by atoms with E-state index >= 15 is 0 Å². The van der Waals surface area contributed by atoms with Crippen molar-refractivity contribution in [2.75, 3.05) is 36.4 Å². The highest BCUT2D eigenvalue weighted by atomic mass is 15.3. The van der Waals surface area contributed by atoms with E-state index in [0.29, 0.717) is 6.04 Å². The summed E-state index contributed by atoms with van der Waals surface area (Å²) in [6.07, 6.45) is 11.5. The number of hydrogen-bond donors (Lipinski definition) is 1. The molecule has 6 fully saturated rings. The molecule has 1 N–H and O–H groups in total. The standard InChI is InChI=1S/C21H31N5/c1-2-4-9-25(8-3-1)18-5-7-22-21(24-18)23-15-6-10-26(13-15)20-14-11-16-17(12-14)19(16)20/h5,7,14-17,19-20H,1-4,6,8-13H2,(H,22,23,24). The highest BCUT2D eigenvalue weighted by Gasteiger charge is 2.69. The van der Waals surface area contributed by atoms with Crippen LogP contribution in [0.15, 0.2) is 12.3 Å². The van der Waals surface area contributed by atoms with Crippen molar-refractivity contribution in [3.05, 3.63) is 12.3 Å². The van der Waals surface area contributed by atoms with E-state index in [0.717, 1.165) is 54.6 Å². The molecule has 2 aliphatic heterocycles. The van der Waals surface area contributed by atoms with E-state index in [1.165, 1.54) is 58.0 Å². The summed E-state index contributed by atoms with van der Waals surface area (Å²) in [6.45, 7) is 4.73. The van der Waals surface area contributed by atoms with Crippen molar-refractivity contribution in [3.8, 4) is 0 Å². The first kappa shape index (κ1) is 15.7. The Morgan fingerprint density at radius 3 is 2.54 bits per heavy atom. The zero-order valence-corrected chi connectivity index (χ0v) is 15.7. The van der Waals surface area contributed by atoms with Crippen LogP contribution in [0.2, 0.25) is 0 Å². The third-order valence-corrected chi connectivity index (χ3v) is 7.97. The molecule has 0 amide bonds. The van der Waals surface area contributed by atoms with Crippen LogP contribution in [0, 0.1) is 23.7 Å². The fourth-order valence-electron chi connectivity index (χ4n) is 6.83. The Morgan fingerprint density at radius 1 is 1.00 bits per heavy atom. The highest BCUT2D eigenvalue weighted by Crippen LogP contribution is 2.71. The van der Waals surface area contributed by atoms with Gasteiger partial charge in [0.2, 0.25) is 5.95 Å². The summed E-state index contributed by atoms with van der Waals surface area (Å²) in [7, 11) is 0. The van der Waals surface area contributed by atoms with Crippen LogP contribution in [0.1, 0.15) is 44.9 Å². The first-order chi connectivity index (χ1) is 12.9. The lowest BCUT2D eigenvalue weighted by atomic mass is 10.1. The zero-order valence-electron chi connectivity index (χ0n) is 15.7. The fourth-order valence-corrected chi connectivity index (χ4v) is 6.83. The Balaban J connectivity index is 1.10. The van der Waals surface area contributed by atoms with Crippen molar-refractivity contribution in [1.29, 1.82) is 0 Å². The normalized spacial score (nSPS) is 41.5. The number of aromatic nitrogens is 2. The van der Waals surface area contributed by atoms with Gasteiger partial charge in [0.25, 0.3) is 0 Å². The molecule has 4 saturated carbocycles. The average Bonchev–Trinajstić information content (AvgIpc) is 3.07. The summed E-state index contributed by atoms with van der Waals surface area (Å²) in [5.74, 6) is 6.27. The molecule has 3 heterocycles. The van der Waals surface area contributed by atoms with Crippen LogP contribution in [0.3, 0.4) is 0 Å². The molecule has 4 bridgehead atoms. The number of nitrogens with one attached hydrogen (secondary N) is 1. The third kappa shape index (κ3) is 2.54. The summed E-state index contributed by atoms with van der Waals surface area (Å²) in [5.41, 5.74) is 0. The van der Waals surface area contributed by atoms with Crippen LogP contribution in [-0.2, 0) is 0 Å². The SMILES string of the molecule is c1cc(N2CCCCCC2)nc(NC2CCN(C3C4CC5C(C4)C53)C2)n1. The Morgan fingerprint density at radius 2 is 1.81 bits per heavy atom. The average molecular weight is 354 g/mol. The third-order valence-electron chi connectivity index (χ3n) is 7.97. The van der Waals surface area contributed by atoms with Gasteiger partial charge in [-0.05, 0) is 61.8 Å². The molecular formula is C21H31N5. The first-order valence-corrected chi connectivity index (χ1v) is 11.0. The molecule has 2 saturated heterocycles. The quantitative estimate of drug-likeness (QED) is 0.901. The predicted octanol–water partition coefficient (Wildman–Crippen LogP) is 3.00. The topological polar surface area (TPSA) is 44.3 Å². The van der Waals surface area contributed by atoms with Crippen molar-refractivity contribution in [3.63, 3.8) is 0 Å². The van der Waals surface area contributed by atoms with Crippen molar-refractivity contribution in [1.82, 2.24) is 14.9 Å². The van der Waals surface area contributed by atoms with Gasteiger partial charge >= 0.3 is 0 Å². The molecule has 4 unspecified atom stereocenters. The smallest absolute Gasteiger partial charge is 0.224 e. The molecule has 0 aromatic carbocycles. The molecule has 140 valence electrons. The van der Waals surface area contributed by atoms with E-state index in [4.69, 9.17) is 4.98 Å². The van der Waals surface area contributed by atoms with E-state index in [1.54, 1.807) is 0 Å². The number of hydrogen-bond acceptors (Lipinski definition) is 5. The van der Waals surface area contributed by atoms with Gasteiger partial charge in [0.15, 0.2) is 0 Å². The van der Waals surface area contributed by atoms with Crippen LogP contribution in [0.5, 0.6) is 0 Å². The lowest BCUT2D eigenvalue weighted by Gasteiger charge is -2.27. The molecule has 6 aliphatic rings. The van der Waals surface area contributed by atoms with E-state index < -0.39 is 0 Å². The lowest BCUT2D eigenvalue weighted by molar-refractivity contribution is 0.199. The molecule has 0 radical (unpaired) electrons. The second-order valence-electron chi connectivity index (χ2n) is 9.39.